The minimum atomic E-state index is -3.44. The largest absolute Gasteiger partial charge is 0.246 e. The third kappa shape index (κ3) is 2.96. The highest BCUT2D eigenvalue weighted by Gasteiger charge is 2.38. The molecule has 0 aliphatic carbocycles. The van der Waals surface area contributed by atoms with E-state index in [9.17, 15) is 8.42 Å². The van der Waals surface area contributed by atoms with Crippen LogP contribution in [0.1, 0.15) is 11.6 Å². The molecule has 1 aliphatic heterocycles. The lowest BCUT2D eigenvalue weighted by molar-refractivity contribution is 0.189. The van der Waals surface area contributed by atoms with Gasteiger partial charge >= 0.3 is 0 Å². The summed E-state index contributed by atoms with van der Waals surface area (Å²) in [4.78, 5) is 0.342. The van der Waals surface area contributed by atoms with E-state index in [1.165, 1.54) is 4.31 Å². The number of aryl methyl sites for hydroxylation is 1. The lowest BCUT2D eigenvalue weighted by atomic mass is 10.1. The Bertz CT molecular complexity index is 993. The van der Waals surface area contributed by atoms with Crippen LogP contribution in [0.25, 0.3) is 11.3 Å². The molecule has 4 rings (SSSR count). The van der Waals surface area contributed by atoms with Gasteiger partial charge in [-0.25, -0.2) is 13.1 Å². The van der Waals surface area contributed by atoms with Crippen molar-refractivity contribution >= 4 is 10.0 Å². The Morgan fingerprint density at radius 3 is 2.52 bits per heavy atom. The van der Waals surface area contributed by atoms with Crippen LogP contribution in [-0.4, -0.2) is 40.8 Å². The van der Waals surface area contributed by atoms with Crippen molar-refractivity contribution in [2.45, 2.75) is 17.9 Å². The smallest absolute Gasteiger partial charge is 0.243 e. The summed E-state index contributed by atoms with van der Waals surface area (Å²) >= 11 is 0. The van der Waals surface area contributed by atoms with Gasteiger partial charge in [0.15, 0.2) is 0 Å². The maximum atomic E-state index is 12.7. The van der Waals surface area contributed by atoms with Crippen LogP contribution < -0.4 is 0 Å². The van der Waals surface area contributed by atoms with Gasteiger partial charge in [-0.3, -0.25) is 0 Å². The Morgan fingerprint density at radius 2 is 1.80 bits per heavy atom. The molecule has 3 aromatic rings. The Balaban J connectivity index is 1.48. The molecule has 1 aromatic heterocycles. The van der Waals surface area contributed by atoms with Crippen LogP contribution in [0.5, 0.6) is 0 Å². The fourth-order valence-electron chi connectivity index (χ4n) is 2.90. The van der Waals surface area contributed by atoms with E-state index in [2.05, 4.69) is 10.3 Å². The van der Waals surface area contributed by atoms with Crippen LogP contribution in [0.2, 0.25) is 0 Å². The van der Waals surface area contributed by atoms with Gasteiger partial charge < -0.3 is 0 Å². The van der Waals surface area contributed by atoms with E-state index in [4.69, 9.17) is 0 Å². The Hall–Kier alpha value is -2.51. The van der Waals surface area contributed by atoms with E-state index in [1.54, 1.807) is 22.9 Å². The van der Waals surface area contributed by atoms with Gasteiger partial charge in [0, 0.05) is 18.7 Å². The zero-order valence-electron chi connectivity index (χ0n) is 13.8. The highest BCUT2D eigenvalue weighted by Crippen LogP contribution is 2.29. The highest BCUT2D eigenvalue weighted by molar-refractivity contribution is 7.89. The standard InChI is InChI=1S/C18H18N4O2S/c1-14-6-5-9-17(10-14)25(23,24)21-11-16(12-21)22-13-18(19-20-22)15-7-3-2-4-8-15/h2-10,13,16H,11-12H2,1H3. The average molecular weight is 354 g/mol. The van der Waals surface area contributed by atoms with E-state index < -0.39 is 10.0 Å². The number of aromatic nitrogens is 3. The second-order valence-electron chi connectivity index (χ2n) is 6.24. The summed E-state index contributed by atoms with van der Waals surface area (Å²) in [7, 11) is -3.44. The molecule has 1 saturated heterocycles. The van der Waals surface area contributed by atoms with Gasteiger partial charge in [0.05, 0.1) is 17.1 Å². The first-order valence-corrected chi connectivity index (χ1v) is 9.52. The Labute approximate surface area is 146 Å². The minimum Gasteiger partial charge on any atom is -0.246 e. The molecule has 2 aromatic carbocycles. The van der Waals surface area contributed by atoms with Crippen LogP contribution in [-0.2, 0) is 10.0 Å². The van der Waals surface area contributed by atoms with Crippen molar-refractivity contribution in [3.63, 3.8) is 0 Å². The van der Waals surface area contributed by atoms with Crippen molar-refractivity contribution in [1.29, 1.82) is 0 Å². The number of hydrogen-bond donors (Lipinski definition) is 0. The molecule has 128 valence electrons. The van der Waals surface area contributed by atoms with Crippen LogP contribution in [0, 0.1) is 6.92 Å². The average Bonchev–Trinajstić information content (AvgIpc) is 3.04. The maximum absolute atomic E-state index is 12.7. The fourth-order valence-corrected chi connectivity index (χ4v) is 4.52. The molecule has 2 heterocycles. The van der Waals surface area contributed by atoms with E-state index >= 15 is 0 Å². The molecule has 0 unspecified atom stereocenters. The molecule has 0 radical (unpaired) electrons. The lowest BCUT2D eigenvalue weighted by Crippen LogP contribution is -2.50. The molecule has 0 atom stereocenters. The summed E-state index contributed by atoms with van der Waals surface area (Å²) in [6.45, 7) is 2.71. The molecule has 25 heavy (non-hydrogen) atoms. The van der Waals surface area contributed by atoms with Gasteiger partial charge in [0.1, 0.15) is 5.69 Å². The van der Waals surface area contributed by atoms with E-state index in [0.29, 0.717) is 18.0 Å². The van der Waals surface area contributed by atoms with Gasteiger partial charge in [-0.15, -0.1) is 5.10 Å². The van der Waals surface area contributed by atoms with Crippen molar-refractivity contribution < 1.29 is 8.42 Å². The van der Waals surface area contributed by atoms with Gasteiger partial charge in [-0.2, -0.15) is 4.31 Å². The molecule has 0 bridgehead atoms. The minimum absolute atomic E-state index is 0.0181. The molecule has 0 amide bonds. The van der Waals surface area contributed by atoms with Crippen molar-refractivity contribution in [3.8, 4) is 11.3 Å². The van der Waals surface area contributed by atoms with Gasteiger partial charge in [-0.05, 0) is 24.6 Å². The molecule has 7 heteroatoms. The van der Waals surface area contributed by atoms with Crippen molar-refractivity contribution in [3.05, 3.63) is 66.4 Å². The van der Waals surface area contributed by atoms with E-state index in [1.807, 2.05) is 49.5 Å². The van der Waals surface area contributed by atoms with E-state index in [0.717, 1.165) is 16.8 Å². The van der Waals surface area contributed by atoms with Crippen LogP contribution in [0.3, 0.4) is 0 Å². The molecule has 1 fully saturated rings. The topological polar surface area (TPSA) is 68.1 Å². The summed E-state index contributed by atoms with van der Waals surface area (Å²) in [5.41, 5.74) is 2.72. The first-order chi connectivity index (χ1) is 12.0. The van der Waals surface area contributed by atoms with E-state index in [-0.39, 0.29) is 6.04 Å². The molecule has 0 saturated carbocycles. The number of benzene rings is 2. The Morgan fingerprint density at radius 1 is 1.04 bits per heavy atom. The number of nitrogens with zero attached hydrogens (tertiary/aromatic N) is 4. The van der Waals surface area contributed by atoms with Crippen LogP contribution >= 0.6 is 0 Å². The lowest BCUT2D eigenvalue weighted by Gasteiger charge is -2.37. The summed E-state index contributed by atoms with van der Waals surface area (Å²) in [6.07, 6.45) is 1.87. The third-order valence-electron chi connectivity index (χ3n) is 4.41. The first-order valence-electron chi connectivity index (χ1n) is 8.08. The Kier molecular flexibility index (Phi) is 3.89. The second-order valence-corrected chi connectivity index (χ2v) is 8.18. The number of hydrogen-bond acceptors (Lipinski definition) is 4. The molecule has 0 spiro atoms. The van der Waals surface area contributed by atoms with Crippen molar-refractivity contribution in [2.75, 3.05) is 13.1 Å². The predicted octanol–water partition coefficient (Wildman–Crippen LogP) is 2.50. The van der Waals surface area contributed by atoms with Crippen molar-refractivity contribution in [1.82, 2.24) is 19.3 Å². The fraction of sp³-hybridized carbons (Fsp3) is 0.222. The van der Waals surface area contributed by atoms with Gasteiger partial charge in [-0.1, -0.05) is 47.7 Å². The summed E-state index contributed by atoms with van der Waals surface area (Å²) < 4.78 is 28.5. The van der Waals surface area contributed by atoms with Crippen molar-refractivity contribution in [2.24, 2.45) is 0 Å². The maximum Gasteiger partial charge on any atom is 0.243 e. The van der Waals surface area contributed by atoms with Gasteiger partial charge in [0.2, 0.25) is 10.0 Å². The summed E-state index contributed by atoms with van der Waals surface area (Å²) in [5, 5.41) is 8.35. The van der Waals surface area contributed by atoms with Gasteiger partial charge in [0.25, 0.3) is 0 Å². The molecule has 0 N–H and O–H groups in total. The molecule has 6 nitrogen and oxygen atoms in total. The zero-order chi connectivity index (χ0) is 17.4. The van der Waals surface area contributed by atoms with Crippen LogP contribution in [0.4, 0.5) is 0 Å². The molecular formula is C18H18N4O2S. The summed E-state index contributed by atoms with van der Waals surface area (Å²) in [6, 6.07) is 16.8. The normalized spacial score (nSPS) is 15.9. The quantitative estimate of drug-likeness (QED) is 0.722. The number of sulfonamides is 1. The highest BCUT2D eigenvalue weighted by atomic mass is 32.2. The zero-order valence-corrected chi connectivity index (χ0v) is 14.6. The summed E-state index contributed by atoms with van der Waals surface area (Å²) in [5.74, 6) is 0. The molecule has 1 aliphatic rings. The monoisotopic (exact) mass is 354 g/mol. The SMILES string of the molecule is Cc1cccc(S(=O)(=O)N2CC(n3cc(-c4ccccc4)nn3)C2)c1. The number of rotatable bonds is 4. The predicted molar refractivity (Wildman–Crippen MR) is 94.4 cm³/mol. The van der Waals surface area contributed by atoms with Crippen LogP contribution in [0.15, 0.2) is 65.7 Å². The second kappa shape index (κ2) is 6.09. The first kappa shape index (κ1) is 16.0. The third-order valence-corrected chi connectivity index (χ3v) is 6.24. The molecular weight excluding hydrogens is 336 g/mol.